The number of hydrogen-bond acceptors (Lipinski definition) is 2. The maximum atomic E-state index is 11.5. The van der Waals surface area contributed by atoms with E-state index in [0.29, 0.717) is 12.3 Å². The lowest BCUT2D eigenvalue weighted by Gasteiger charge is -2.34. The minimum absolute atomic E-state index is 0.0319. The van der Waals surface area contributed by atoms with Crippen LogP contribution in [0.3, 0.4) is 0 Å². The number of carbonyl (C=O) groups is 1. The Morgan fingerprint density at radius 1 is 1.54 bits per heavy atom. The first kappa shape index (κ1) is 10.8. The number of halogens is 1. The van der Waals surface area contributed by atoms with E-state index >= 15 is 0 Å². The Kier molecular flexibility index (Phi) is 4.53. The van der Waals surface area contributed by atoms with Gasteiger partial charge in [0.2, 0.25) is 5.91 Å². The molecule has 3 nitrogen and oxygen atoms in total. The van der Waals surface area contributed by atoms with Gasteiger partial charge in [0.1, 0.15) is 0 Å². The van der Waals surface area contributed by atoms with Gasteiger partial charge in [0.25, 0.3) is 0 Å². The van der Waals surface area contributed by atoms with Gasteiger partial charge in [-0.2, -0.15) is 0 Å². The lowest BCUT2D eigenvalue weighted by atomic mass is 10.0. The molecule has 13 heavy (non-hydrogen) atoms. The fraction of sp³-hybridized carbons (Fsp3) is 0.889. The molecule has 1 N–H and O–H groups in total. The lowest BCUT2D eigenvalue weighted by molar-refractivity contribution is -0.135. The van der Waals surface area contributed by atoms with E-state index in [9.17, 15) is 4.79 Å². The molecule has 1 fully saturated rings. The monoisotopic (exact) mass is 205 g/mol. The summed E-state index contributed by atoms with van der Waals surface area (Å²) in [7, 11) is 0. The predicted octanol–water partition coefficient (Wildman–Crippen LogP) is 0.989. The molecule has 0 aromatic carbocycles. The second-order valence-electron chi connectivity index (χ2n) is 3.36. The second kappa shape index (κ2) is 5.45. The smallest absolute Gasteiger partial charge is 0.224 e. The summed E-state index contributed by atoms with van der Waals surface area (Å²) < 4.78 is 0. The molecule has 0 radical (unpaired) electrons. The molecule has 0 aromatic rings. The van der Waals surface area contributed by atoms with Crippen LogP contribution in [0.25, 0.3) is 0 Å². The van der Waals surface area contributed by atoms with E-state index in [0.717, 1.165) is 25.8 Å². The first-order valence-electron chi connectivity index (χ1n) is 4.76. The summed E-state index contributed by atoms with van der Waals surface area (Å²) in [6, 6.07) is 0.0319. The van der Waals surface area contributed by atoms with Gasteiger partial charge < -0.3 is 10.0 Å². The number of piperidine rings is 1. The Morgan fingerprint density at radius 2 is 2.31 bits per heavy atom. The molecule has 1 aliphatic rings. The minimum atomic E-state index is 0.0319. The van der Waals surface area contributed by atoms with E-state index in [1.165, 1.54) is 0 Å². The third-order valence-electron chi connectivity index (χ3n) is 2.47. The highest BCUT2D eigenvalue weighted by Crippen LogP contribution is 2.17. The van der Waals surface area contributed by atoms with Crippen molar-refractivity contribution >= 4 is 17.5 Å². The van der Waals surface area contributed by atoms with Crippen LogP contribution in [0.1, 0.15) is 25.7 Å². The van der Waals surface area contributed by atoms with Gasteiger partial charge >= 0.3 is 0 Å². The van der Waals surface area contributed by atoms with Crippen LogP contribution in [0.15, 0.2) is 0 Å². The fourth-order valence-electron chi connectivity index (χ4n) is 1.74. The summed E-state index contributed by atoms with van der Waals surface area (Å²) in [5.41, 5.74) is 0. The van der Waals surface area contributed by atoms with Crippen molar-refractivity contribution in [2.24, 2.45) is 0 Å². The molecule has 1 heterocycles. The van der Waals surface area contributed by atoms with Gasteiger partial charge in [-0.05, 0) is 19.3 Å². The highest BCUT2D eigenvalue weighted by Gasteiger charge is 2.25. The van der Waals surface area contributed by atoms with E-state index in [4.69, 9.17) is 16.7 Å². The summed E-state index contributed by atoms with van der Waals surface area (Å²) in [6.45, 7) is 0.856. The third-order valence-corrected chi connectivity index (χ3v) is 2.66. The Hall–Kier alpha value is -0.280. The zero-order chi connectivity index (χ0) is 9.68. The van der Waals surface area contributed by atoms with Crippen LogP contribution < -0.4 is 0 Å². The number of rotatable bonds is 3. The zero-order valence-electron chi connectivity index (χ0n) is 7.71. The average molecular weight is 206 g/mol. The van der Waals surface area contributed by atoms with Crippen molar-refractivity contribution in [3.05, 3.63) is 0 Å². The van der Waals surface area contributed by atoms with Crippen LogP contribution in [0.2, 0.25) is 0 Å². The molecule has 76 valence electrons. The summed E-state index contributed by atoms with van der Waals surface area (Å²) in [4.78, 5) is 13.3. The van der Waals surface area contributed by atoms with Crippen molar-refractivity contribution in [2.45, 2.75) is 31.7 Å². The quantitative estimate of drug-likeness (QED) is 0.699. The van der Waals surface area contributed by atoms with Gasteiger partial charge in [0.15, 0.2) is 0 Å². The fourth-order valence-corrected chi connectivity index (χ4v) is 1.90. The highest BCUT2D eigenvalue weighted by atomic mass is 35.5. The zero-order valence-corrected chi connectivity index (χ0v) is 8.46. The number of aliphatic hydroxyl groups is 1. The van der Waals surface area contributed by atoms with Crippen molar-refractivity contribution in [2.75, 3.05) is 19.0 Å². The molecule has 1 rings (SSSR count). The number of carbonyl (C=O) groups excluding carboxylic acids is 1. The molecular weight excluding hydrogens is 190 g/mol. The van der Waals surface area contributed by atoms with Gasteiger partial charge in [0, 0.05) is 18.8 Å². The Bertz CT molecular complexity index is 175. The van der Waals surface area contributed by atoms with E-state index in [-0.39, 0.29) is 18.6 Å². The molecule has 1 amide bonds. The van der Waals surface area contributed by atoms with Crippen LogP contribution in [0.5, 0.6) is 0 Å². The number of hydrogen-bond donors (Lipinski definition) is 1. The van der Waals surface area contributed by atoms with Crippen molar-refractivity contribution in [1.82, 2.24) is 4.90 Å². The van der Waals surface area contributed by atoms with Crippen LogP contribution in [0.4, 0.5) is 0 Å². The SMILES string of the molecule is O=C(CCCl)N1CCCCC1CO. The predicted molar refractivity (Wildman–Crippen MR) is 51.8 cm³/mol. The van der Waals surface area contributed by atoms with E-state index in [1.807, 2.05) is 0 Å². The molecule has 0 spiro atoms. The Balaban J connectivity index is 2.48. The maximum absolute atomic E-state index is 11.5. The number of nitrogens with zero attached hydrogens (tertiary/aromatic N) is 1. The van der Waals surface area contributed by atoms with Crippen LogP contribution in [-0.4, -0.2) is 41.0 Å². The Morgan fingerprint density at radius 3 is 2.92 bits per heavy atom. The van der Waals surface area contributed by atoms with Gasteiger partial charge in [-0.25, -0.2) is 0 Å². The first-order chi connectivity index (χ1) is 6.29. The van der Waals surface area contributed by atoms with E-state index in [1.54, 1.807) is 4.90 Å². The molecule has 1 atom stereocenters. The molecule has 0 bridgehead atoms. The number of amides is 1. The molecule has 0 saturated carbocycles. The number of alkyl halides is 1. The second-order valence-corrected chi connectivity index (χ2v) is 3.74. The van der Waals surface area contributed by atoms with Crippen molar-refractivity contribution in [1.29, 1.82) is 0 Å². The minimum Gasteiger partial charge on any atom is -0.394 e. The van der Waals surface area contributed by atoms with Gasteiger partial charge in [-0.3, -0.25) is 4.79 Å². The van der Waals surface area contributed by atoms with E-state index in [2.05, 4.69) is 0 Å². The molecule has 1 aliphatic heterocycles. The molecule has 0 aromatic heterocycles. The van der Waals surface area contributed by atoms with Gasteiger partial charge in [0.05, 0.1) is 12.6 Å². The van der Waals surface area contributed by atoms with Gasteiger partial charge in [-0.15, -0.1) is 11.6 Å². The first-order valence-corrected chi connectivity index (χ1v) is 5.29. The standard InChI is InChI=1S/C9H16ClNO2/c10-5-4-9(13)11-6-2-1-3-8(11)7-12/h8,12H,1-7H2. The Labute approximate surface area is 83.7 Å². The normalized spacial score (nSPS) is 23.2. The van der Waals surface area contributed by atoms with Gasteiger partial charge in [-0.1, -0.05) is 0 Å². The van der Waals surface area contributed by atoms with Crippen molar-refractivity contribution in [3.63, 3.8) is 0 Å². The van der Waals surface area contributed by atoms with Crippen molar-refractivity contribution < 1.29 is 9.90 Å². The van der Waals surface area contributed by atoms with Crippen LogP contribution in [0, 0.1) is 0 Å². The summed E-state index contributed by atoms with van der Waals surface area (Å²) in [5, 5.41) is 9.05. The van der Waals surface area contributed by atoms with E-state index < -0.39 is 0 Å². The molecular formula is C9H16ClNO2. The highest BCUT2D eigenvalue weighted by molar-refractivity contribution is 6.18. The maximum Gasteiger partial charge on any atom is 0.224 e. The summed E-state index contributed by atoms with van der Waals surface area (Å²) in [6.07, 6.45) is 3.46. The molecule has 4 heteroatoms. The molecule has 0 aliphatic carbocycles. The van der Waals surface area contributed by atoms with Crippen molar-refractivity contribution in [3.8, 4) is 0 Å². The molecule has 1 saturated heterocycles. The average Bonchev–Trinajstić information content (AvgIpc) is 2.18. The lowest BCUT2D eigenvalue weighted by Crippen LogP contribution is -2.45. The number of likely N-dealkylation sites (tertiary alicyclic amines) is 1. The third kappa shape index (κ3) is 2.85. The summed E-state index contributed by atoms with van der Waals surface area (Å²) in [5.74, 6) is 0.446. The van der Waals surface area contributed by atoms with Crippen LogP contribution in [-0.2, 0) is 4.79 Å². The van der Waals surface area contributed by atoms with Crippen LogP contribution >= 0.6 is 11.6 Å². The summed E-state index contributed by atoms with van der Waals surface area (Å²) >= 11 is 5.50. The largest absolute Gasteiger partial charge is 0.394 e. The molecule has 1 unspecified atom stereocenters. The number of aliphatic hydroxyl groups excluding tert-OH is 1. The topological polar surface area (TPSA) is 40.5 Å².